The van der Waals surface area contributed by atoms with Crippen molar-refractivity contribution in [1.29, 1.82) is 0 Å². The summed E-state index contributed by atoms with van der Waals surface area (Å²) < 4.78 is 5.68. The number of nitrogens with one attached hydrogen (secondary N) is 1. The zero-order valence-electron chi connectivity index (χ0n) is 8.60. The van der Waals surface area contributed by atoms with Crippen molar-refractivity contribution >= 4 is 0 Å². The summed E-state index contributed by atoms with van der Waals surface area (Å²) in [5, 5.41) is 3.13. The summed E-state index contributed by atoms with van der Waals surface area (Å²) in [5.41, 5.74) is 1.18. The van der Waals surface area contributed by atoms with Gasteiger partial charge in [0, 0.05) is 6.42 Å². The molecule has 0 amide bonds. The standard InChI is InChI=1S/C11H19NO/c1-9-6-7-11(13-10(9)2)5-4-8-12-3/h7,10,12H,1,4-6,8H2,2-3H3. The molecule has 1 rings (SSSR count). The maximum atomic E-state index is 5.68. The second kappa shape index (κ2) is 5.07. The van der Waals surface area contributed by atoms with Gasteiger partial charge in [-0.2, -0.15) is 0 Å². The number of rotatable bonds is 4. The van der Waals surface area contributed by atoms with Crippen molar-refractivity contribution in [2.75, 3.05) is 13.6 Å². The Morgan fingerprint density at radius 2 is 2.46 bits per heavy atom. The third kappa shape index (κ3) is 3.23. The molecule has 0 aliphatic carbocycles. The molecule has 1 heterocycles. The quantitative estimate of drug-likeness (QED) is 0.530. The van der Waals surface area contributed by atoms with Crippen molar-refractivity contribution in [3.63, 3.8) is 0 Å². The fourth-order valence-electron chi connectivity index (χ4n) is 1.37. The van der Waals surface area contributed by atoms with E-state index in [4.69, 9.17) is 4.74 Å². The second-order valence-electron chi connectivity index (χ2n) is 3.50. The third-order valence-corrected chi connectivity index (χ3v) is 2.34. The van der Waals surface area contributed by atoms with E-state index in [-0.39, 0.29) is 6.10 Å². The molecule has 13 heavy (non-hydrogen) atoms. The molecule has 0 saturated heterocycles. The van der Waals surface area contributed by atoms with Crippen LogP contribution in [-0.4, -0.2) is 19.7 Å². The highest BCUT2D eigenvalue weighted by atomic mass is 16.5. The lowest BCUT2D eigenvalue weighted by Crippen LogP contribution is -2.16. The molecule has 0 saturated carbocycles. The van der Waals surface area contributed by atoms with E-state index < -0.39 is 0 Å². The highest BCUT2D eigenvalue weighted by Crippen LogP contribution is 2.22. The fraction of sp³-hybridized carbons (Fsp3) is 0.636. The molecule has 1 aliphatic heterocycles. The van der Waals surface area contributed by atoms with Gasteiger partial charge in [0.05, 0.1) is 5.76 Å². The lowest BCUT2D eigenvalue weighted by Gasteiger charge is -2.23. The van der Waals surface area contributed by atoms with Gasteiger partial charge in [0.15, 0.2) is 0 Å². The SMILES string of the molecule is C=C1CC=C(CCCNC)OC1C. The monoisotopic (exact) mass is 181 g/mol. The molecule has 2 nitrogen and oxygen atoms in total. The Bertz CT molecular complexity index is 208. The topological polar surface area (TPSA) is 21.3 Å². The predicted molar refractivity (Wildman–Crippen MR) is 55.5 cm³/mol. The molecule has 0 spiro atoms. The van der Waals surface area contributed by atoms with Gasteiger partial charge < -0.3 is 10.1 Å². The normalized spacial score (nSPS) is 22.5. The molecule has 1 unspecified atom stereocenters. The van der Waals surface area contributed by atoms with Crippen LogP contribution in [0.1, 0.15) is 26.2 Å². The van der Waals surface area contributed by atoms with Gasteiger partial charge in [0.25, 0.3) is 0 Å². The Morgan fingerprint density at radius 3 is 3.08 bits per heavy atom. The van der Waals surface area contributed by atoms with Crippen LogP contribution in [0.2, 0.25) is 0 Å². The number of allylic oxidation sites excluding steroid dienone is 2. The molecule has 74 valence electrons. The van der Waals surface area contributed by atoms with E-state index >= 15 is 0 Å². The van der Waals surface area contributed by atoms with E-state index in [0.717, 1.165) is 31.6 Å². The van der Waals surface area contributed by atoms with Crippen LogP contribution in [0.3, 0.4) is 0 Å². The first-order valence-electron chi connectivity index (χ1n) is 4.92. The van der Waals surface area contributed by atoms with Crippen molar-refractivity contribution in [3.05, 3.63) is 24.0 Å². The van der Waals surface area contributed by atoms with Crippen molar-refractivity contribution in [3.8, 4) is 0 Å². The molecule has 1 N–H and O–H groups in total. The van der Waals surface area contributed by atoms with Crippen LogP contribution < -0.4 is 5.32 Å². The van der Waals surface area contributed by atoms with Gasteiger partial charge in [-0.15, -0.1) is 0 Å². The van der Waals surface area contributed by atoms with Gasteiger partial charge in [0.1, 0.15) is 6.10 Å². The molecule has 2 heteroatoms. The van der Waals surface area contributed by atoms with Gasteiger partial charge in [-0.05, 0) is 45.0 Å². The summed E-state index contributed by atoms with van der Waals surface area (Å²) in [7, 11) is 1.97. The lowest BCUT2D eigenvalue weighted by molar-refractivity contribution is 0.139. The van der Waals surface area contributed by atoms with E-state index in [1.165, 1.54) is 5.57 Å². The summed E-state index contributed by atoms with van der Waals surface area (Å²) >= 11 is 0. The molecule has 1 aliphatic rings. The molecule has 0 fully saturated rings. The van der Waals surface area contributed by atoms with Crippen LogP contribution in [0.4, 0.5) is 0 Å². The molecule has 0 bridgehead atoms. The first-order chi connectivity index (χ1) is 6.24. The fourth-order valence-corrected chi connectivity index (χ4v) is 1.37. The molecule has 0 aromatic heterocycles. The Kier molecular flexibility index (Phi) is 4.03. The Balaban J connectivity index is 2.31. The van der Waals surface area contributed by atoms with Crippen LogP contribution in [0.25, 0.3) is 0 Å². The van der Waals surface area contributed by atoms with Crippen molar-refractivity contribution in [2.24, 2.45) is 0 Å². The predicted octanol–water partition coefficient (Wildman–Crippen LogP) is 2.23. The van der Waals surface area contributed by atoms with E-state index in [1.807, 2.05) is 7.05 Å². The van der Waals surface area contributed by atoms with Crippen LogP contribution in [0.15, 0.2) is 24.0 Å². The molecular weight excluding hydrogens is 162 g/mol. The number of hydrogen-bond acceptors (Lipinski definition) is 2. The van der Waals surface area contributed by atoms with Gasteiger partial charge in [0.2, 0.25) is 0 Å². The average Bonchev–Trinajstić information content (AvgIpc) is 2.12. The number of ether oxygens (including phenoxy) is 1. The third-order valence-electron chi connectivity index (χ3n) is 2.34. The minimum Gasteiger partial charge on any atom is -0.491 e. The van der Waals surface area contributed by atoms with Crippen LogP contribution in [0, 0.1) is 0 Å². The Hall–Kier alpha value is -0.760. The second-order valence-corrected chi connectivity index (χ2v) is 3.50. The smallest absolute Gasteiger partial charge is 0.116 e. The molecule has 1 atom stereocenters. The van der Waals surface area contributed by atoms with Crippen LogP contribution in [0.5, 0.6) is 0 Å². The van der Waals surface area contributed by atoms with Crippen molar-refractivity contribution < 1.29 is 4.74 Å². The Labute approximate surface area is 80.7 Å². The highest BCUT2D eigenvalue weighted by molar-refractivity contribution is 5.14. The summed E-state index contributed by atoms with van der Waals surface area (Å²) in [4.78, 5) is 0. The van der Waals surface area contributed by atoms with Crippen molar-refractivity contribution in [2.45, 2.75) is 32.3 Å². The zero-order valence-corrected chi connectivity index (χ0v) is 8.60. The van der Waals surface area contributed by atoms with Crippen LogP contribution >= 0.6 is 0 Å². The summed E-state index contributed by atoms with van der Waals surface area (Å²) in [6.07, 6.45) is 5.52. The molecule has 0 aromatic carbocycles. The summed E-state index contributed by atoms with van der Waals surface area (Å²) in [6.45, 7) is 7.06. The van der Waals surface area contributed by atoms with Crippen LogP contribution in [-0.2, 0) is 4.74 Å². The zero-order chi connectivity index (χ0) is 9.68. The maximum Gasteiger partial charge on any atom is 0.116 e. The van der Waals surface area contributed by atoms with E-state index in [0.29, 0.717) is 0 Å². The Morgan fingerprint density at radius 1 is 1.69 bits per heavy atom. The summed E-state index contributed by atoms with van der Waals surface area (Å²) in [5.74, 6) is 1.13. The number of hydrogen-bond donors (Lipinski definition) is 1. The van der Waals surface area contributed by atoms with Gasteiger partial charge in [-0.25, -0.2) is 0 Å². The lowest BCUT2D eigenvalue weighted by atomic mass is 10.1. The molecule has 0 aromatic rings. The van der Waals surface area contributed by atoms with E-state index in [9.17, 15) is 0 Å². The minimum absolute atomic E-state index is 0.203. The first-order valence-corrected chi connectivity index (χ1v) is 4.92. The van der Waals surface area contributed by atoms with Gasteiger partial charge in [-0.1, -0.05) is 6.58 Å². The van der Waals surface area contributed by atoms with Crippen molar-refractivity contribution in [1.82, 2.24) is 5.32 Å². The van der Waals surface area contributed by atoms with E-state index in [1.54, 1.807) is 0 Å². The molecular formula is C11H19NO. The highest BCUT2D eigenvalue weighted by Gasteiger charge is 2.14. The summed E-state index contributed by atoms with van der Waals surface area (Å²) in [6, 6.07) is 0. The molecule has 0 radical (unpaired) electrons. The maximum absolute atomic E-state index is 5.68. The van der Waals surface area contributed by atoms with E-state index in [2.05, 4.69) is 24.9 Å². The largest absolute Gasteiger partial charge is 0.491 e. The minimum atomic E-state index is 0.203. The first kappa shape index (κ1) is 10.3. The average molecular weight is 181 g/mol. The van der Waals surface area contributed by atoms with Gasteiger partial charge in [-0.3, -0.25) is 0 Å². The van der Waals surface area contributed by atoms with Gasteiger partial charge >= 0.3 is 0 Å².